The fraction of sp³-hybridized carbons (Fsp3) is 0.0385. The zero-order valence-electron chi connectivity index (χ0n) is 17.5. The molecule has 164 valence electrons. The van der Waals surface area contributed by atoms with Crippen LogP contribution in [0.1, 0.15) is 15.9 Å². The topological polar surface area (TPSA) is 63.6 Å². The SMILES string of the molecule is C=CCOc1c(Cl)cc(/C=N/NC(=O)c2cc(-c3ccccc3)nc3ccccc23)cc1Cl. The van der Waals surface area contributed by atoms with Crippen LogP contribution >= 0.6 is 23.2 Å². The number of nitrogens with one attached hydrogen (secondary N) is 1. The number of ether oxygens (including phenoxy) is 1. The van der Waals surface area contributed by atoms with Crippen molar-refractivity contribution in [2.75, 3.05) is 6.61 Å². The number of rotatable bonds is 7. The summed E-state index contributed by atoms with van der Waals surface area (Å²) in [7, 11) is 0. The first kappa shape index (κ1) is 22.5. The van der Waals surface area contributed by atoms with E-state index in [-0.39, 0.29) is 12.5 Å². The molecule has 0 saturated carbocycles. The molecule has 1 aromatic heterocycles. The number of carbonyl (C=O) groups excluding carboxylic acids is 1. The third-order valence-electron chi connectivity index (χ3n) is 4.78. The Balaban J connectivity index is 1.59. The first-order valence-corrected chi connectivity index (χ1v) is 10.8. The molecule has 0 spiro atoms. The lowest BCUT2D eigenvalue weighted by atomic mass is 10.0. The monoisotopic (exact) mass is 475 g/mol. The van der Waals surface area contributed by atoms with Crippen LogP contribution in [0.5, 0.6) is 5.75 Å². The van der Waals surface area contributed by atoms with Gasteiger partial charge in [-0.15, -0.1) is 0 Å². The van der Waals surface area contributed by atoms with E-state index in [1.165, 1.54) is 6.21 Å². The Hall–Kier alpha value is -3.67. The van der Waals surface area contributed by atoms with E-state index >= 15 is 0 Å². The molecule has 3 aromatic carbocycles. The molecule has 0 unspecified atom stereocenters. The van der Waals surface area contributed by atoms with E-state index < -0.39 is 0 Å². The van der Waals surface area contributed by atoms with Gasteiger partial charge in [-0.05, 0) is 29.8 Å². The lowest BCUT2D eigenvalue weighted by molar-refractivity contribution is 0.0956. The summed E-state index contributed by atoms with van der Waals surface area (Å²) in [5.41, 5.74) is 6.01. The minimum atomic E-state index is -0.356. The predicted octanol–water partition coefficient (Wildman–Crippen LogP) is 6.54. The molecule has 0 bridgehead atoms. The highest BCUT2D eigenvalue weighted by Gasteiger charge is 2.14. The predicted molar refractivity (Wildman–Crippen MR) is 134 cm³/mol. The van der Waals surface area contributed by atoms with Crippen LogP contribution in [0.2, 0.25) is 10.0 Å². The first-order chi connectivity index (χ1) is 16.1. The summed E-state index contributed by atoms with van der Waals surface area (Å²) < 4.78 is 5.46. The number of pyridine rings is 1. The Morgan fingerprint density at radius 2 is 1.73 bits per heavy atom. The van der Waals surface area contributed by atoms with Crippen molar-refractivity contribution in [3.8, 4) is 17.0 Å². The second-order valence-corrected chi connectivity index (χ2v) is 7.87. The second-order valence-electron chi connectivity index (χ2n) is 7.05. The molecule has 1 heterocycles. The molecule has 1 N–H and O–H groups in total. The number of amides is 1. The minimum Gasteiger partial charge on any atom is -0.486 e. The summed E-state index contributed by atoms with van der Waals surface area (Å²) in [5, 5.41) is 5.49. The number of nitrogens with zero attached hydrogens (tertiary/aromatic N) is 2. The van der Waals surface area contributed by atoms with Crippen molar-refractivity contribution in [1.29, 1.82) is 0 Å². The summed E-state index contributed by atoms with van der Waals surface area (Å²) in [4.78, 5) is 17.7. The van der Waals surface area contributed by atoms with Crippen molar-refractivity contribution in [3.63, 3.8) is 0 Å². The van der Waals surface area contributed by atoms with Gasteiger partial charge in [0.15, 0.2) is 5.75 Å². The van der Waals surface area contributed by atoms with Crippen LogP contribution in [0.3, 0.4) is 0 Å². The molecular formula is C26H19Cl2N3O2. The van der Waals surface area contributed by atoms with Crippen molar-refractivity contribution < 1.29 is 9.53 Å². The second kappa shape index (κ2) is 10.3. The molecule has 7 heteroatoms. The fourth-order valence-electron chi connectivity index (χ4n) is 3.28. The zero-order chi connectivity index (χ0) is 23.2. The molecule has 0 aliphatic carbocycles. The van der Waals surface area contributed by atoms with Crippen molar-refractivity contribution in [2.24, 2.45) is 5.10 Å². The molecule has 33 heavy (non-hydrogen) atoms. The Bertz CT molecular complexity index is 1330. The van der Waals surface area contributed by atoms with Crippen molar-refractivity contribution in [2.45, 2.75) is 0 Å². The quantitative estimate of drug-likeness (QED) is 0.187. The average Bonchev–Trinajstić information content (AvgIpc) is 2.83. The standard InChI is InChI=1S/C26H19Cl2N3O2/c1-2-12-33-25-21(27)13-17(14-22(25)28)16-29-31-26(32)20-15-24(18-8-4-3-5-9-18)30-23-11-7-6-10-19(20)23/h2-11,13-16H,1,12H2,(H,31,32)/b29-16+. The summed E-state index contributed by atoms with van der Waals surface area (Å²) in [5.74, 6) is 0.0151. The fourth-order valence-corrected chi connectivity index (χ4v) is 3.89. The van der Waals surface area contributed by atoms with E-state index in [1.807, 2.05) is 54.6 Å². The average molecular weight is 476 g/mol. The van der Waals surface area contributed by atoms with Gasteiger partial charge in [0, 0.05) is 10.9 Å². The number of hydrazone groups is 1. The van der Waals surface area contributed by atoms with Crippen LogP contribution in [-0.2, 0) is 0 Å². The molecular weight excluding hydrogens is 457 g/mol. The number of para-hydroxylation sites is 1. The lowest BCUT2D eigenvalue weighted by Crippen LogP contribution is -2.18. The summed E-state index contributed by atoms with van der Waals surface area (Å²) >= 11 is 12.5. The summed E-state index contributed by atoms with van der Waals surface area (Å²) in [6.07, 6.45) is 3.07. The normalized spacial score (nSPS) is 11.0. The van der Waals surface area contributed by atoms with Crippen LogP contribution < -0.4 is 10.2 Å². The number of hydrogen-bond donors (Lipinski definition) is 1. The summed E-state index contributed by atoms with van der Waals surface area (Å²) in [6, 6.07) is 22.3. The Kier molecular flexibility index (Phi) is 7.03. The highest BCUT2D eigenvalue weighted by atomic mass is 35.5. The van der Waals surface area contributed by atoms with Crippen LogP contribution in [-0.4, -0.2) is 23.7 Å². The lowest BCUT2D eigenvalue weighted by Gasteiger charge is -2.09. The number of aromatic nitrogens is 1. The van der Waals surface area contributed by atoms with Crippen LogP contribution in [0.4, 0.5) is 0 Å². The summed E-state index contributed by atoms with van der Waals surface area (Å²) in [6.45, 7) is 3.89. The van der Waals surface area contributed by atoms with E-state index in [2.05, 4.69) is 17.1 Å². The molecule has 1 amide bonds. The van der Waals surface area contributed by atoms with E-state index in [4.69, 9.17) is 32.9 Å². The molecule has 0 aliphatic rings. The molecule has 0 fully saturated rings. The molecule has 0 saturated heterocycles. The van der Waals surface area contributed by atoms with Crippen LogP contribution in [0.25, 0.3) is 22.2 Å². The van der Waals surface area contributed by atoms with Crippen molar-refractivity contribution in [3.05, 3.63) is 107 Å². The molecule has 4 aromatic rings. The number of hydrogen-bond acceptors (Lipinski definition) is 4. The number of carbonyl (C=O) groups is 1. The van der Waals surface area contributed by atoms with E-state index in [1.54, 1.807) is 24.3 Å². The number of fused-ring (bicyclic) bond motifs is 1. The molecule has 0 radical (unpaired) electrons. The Labute approximate surface area is 201 Å². The van der Waals surface area contributed by atoms with Gasteiger partial charge in [0.25, 0.3) is 5.91 Å². The highest BCUT2D eigenvalue weighted by Crippen LogP contribution is 2.33. The van der Waals surface area contributed by atoms with E-state index in [0.717, 1.165) is 16.5 Å². The van der Waals surface area contributed by atoms with Crippen LogP contribution in [0.15, 0.2) is 90.6 Å². The maximum Gasteiger partial charge on any atom is 0.272 e. The molecule has 0 aliphatic heterocycles. The van der Waals surface area contributed by atoms with Gasteiger partial charge in [0.2, 0.25) is 0 Å². The van der Waals surface area contributed by atoms with Gasteiger partial charge in [-0.2, -0.15) is 5.10 Å². The van der Waals surface area contributed by atoms with Gasteiger partial charge < -0.3 is 4.74 Å². The van der Waals surface area contributed by atoms with Gasteiger partial charge in [0.05, 0.1) is 33.0 Å². The maximum atomic E-state index is 13.0. The Morgan fingerprint density at radius 3 is 2.45 bits per heavy atom. The third-order valence-corrected chi connectivity index (χ3v) is 5.34. The molecule has 5 nitrogen and oxygen atoms in total. The van der Waals surface area contributed by atoms with Gasteiger partial charge in [-0.3, -0.25) is 4.79 Å². The zero-order valence-corrected chi connectivity index (χ0v) is 19.0. The number of benzene rings is 3. The van der Waals surface area contributed by atoms with Gasteiger partial charge >= 0.3 is 0 Å². The van der Waals surface area contributed by atoms with Crippen molar-refractivity contribution >= 4 is 46.2 Å². The third kappa shape index (κ3) is 5.22. The number of halogens is 2. The minimum absolute atomic E-state index is 0.286. The van der Waals surface area contributed by atoms with Gasteiger partial charge in [-0.1, -0.05) is 84.4 Å². The largest absolute Gasteiger partial charge is 0.486 e. The van der Waals surface area contributed by atoms with Crippen LogP contribution in [0, 0.1) is 0 Å². The van der Waals surface area contributed by atoms with Gasteiger partial charge in [0.1, 0.15) is 6.61 Å². The van der Waals surface area contributed by atoms with Gasteiger partial charge in [-0.25, -0.2) is 10.4 Å². The smallest absolute Gasteiger partial charge is 0.272 e. The first-order valence-electron chi connectivity index (χ1n) is 10.1. The molecule has 4 rings (SSSR count). The molecule has 0 atom stereocenters. The van der Waals surface area contributed by atoms with E-state index in [9.17, 15) is 4.79 Å². The Morgan fingerprint density at radius 1 is 1.03 bits per heavy atom. The van der Waals surface area contributed by atoms with Crippen molar-refractivity contribution in [1.82, 2.24) is 10.4 Å². The van der Waals surface area contributed by atoms with E-state index in [0.29, 0.717) is 32.6 Å². The highest BCUT2D eigenvalue weighted by molar-refractivity contribution is 6.37. The maximum absolute atomic E-state index is 13.0.